The molecule has 2 atom stereocenters. The standard InChI is InChI=1S/C22H25N3O4/c1-15(26)16(2)29-20-12-18(22(27)23-21-9-10-25(3)24-21)11-19(13-20)28-14-17-7-5-4-6-8-17/h4-13,15-16,26H,14H2,1-3H3,(H,23,24,27)/t15-,16-/m0/s1. The number of aliphatic hydroxyl groups is 1. The van der Waals surface area contributed by atoms with Crippen LogP contribution in [0.3, 0.4) is 0 Å². The Morgan fingerprint density at radius 2 is 1.86 bits per heavy atom. The number of aromatic nitrogens is 2. The molecular formula is C22H25N3O4. The van der Waals surface area contributed by atoms with Crippen molar-refractivity contribution in [1.82, 2.24) is 9.78 Å². The third-order valence-corrected chi connectivity index (χ3v) is 4.35. The van der Waals surface area contributed by atoms with Crippen LogP contribution in [-0.4, -0.2) is 33.0 Å². The van der Waals surface area contributed by atoms with Gasteiger partial charge in [0.05, 0.1) is 6.10 Å². The topological polar surface area (TPSA) is 85.6 Å². The van der Waals surface area contributed by atoms with Gasteiger partial charge in [-0.05, 0) is 31.5 Å². The molecule has 1 aromatic heterocycles. The number of ether oxygens (including phenoxy) is 2. The fourth-order valence-corrected chi connectivity index (χ4v) is 2.58. The molecule has 7 heteroatoms. The minimum absolute atomic E-state index is 0.330. The minimum Gasteiger partial charge on any atom is -0.489 e. The first kappa shape index (κ1) is 20.4. The Morgan fingerprint density at radius 3 is 2.52 bits per heavy atom. The van der Waals surface area contributed by atoms with Crippen molar-refractivity contribution in [2.45, 2.75) is 32.7 Å². The first-order valence-corrected chi connectivity index (χ1v) is 9.38. The van der Waals surface area contributed by atoms with Crippen LogP contribution in [-0.2, 0) is 13.7 Å². The smallest absolute Gasteiger partial charge is 0.257 e. The van der Waals surface area contributed by atoms with Crippen molar-refractivity contribution in [2.24, 2.45) is 7.05 Å². The predicted octanol–water partition coefficient (Wildman–Crippen LogP) is 3.40. The number of carbonyl (C=O) groups is 1. The minimum atomic E-state index is -0.658. The van der Waals surface area contributed by atoms with E-state index in [0.717, 1.165) is 5.56 Å². The number of carbonyl (C=O) groups excluding carboxylic acids is 1. The summed E-state index contributed by atoms with van der Waals surface area (Å²) < 4.78 is 13.3. The highest BCUT2D eigenvalue weighted by Crippen LogP contribution is 2.26. The van der Waals surface area contributed by atoms with Gasteiger partial charge in [-0.1, -0.05) is 30.3 Å². The van der Waals surface area contributed by atoms with Crippen molar-refractivity contribution in [3.05, 3.63) is 71.9 Å². The van der Waals surface area contributed by atoms with Crippen molar-refractivity contribution in [3.8, 4) is 11.5 Å². The van der Waals surface area contributed by atoms with E-state index in [4.69, 9.17) is 9.47 Å². The molecule has 7 nitrogen and oxygen atoms in total. The van der Waals surface area contributed by atoms with Gasteiger partial charge in [0.1, 0.15) is 24.2 Å². The van der Waals surface area contributed by atoms with Crippen LogP contribution in [0.5, 0.6) is 11.5 Å². The summed E-state index contributed by atoms with van der Waals surface area (Å²) in [6.45, 7) is 3.77. The van der Waals surface area contributed by atoms with Gasteiger partial charge in [-0.2, -0.15) is 5.10 Å². The van der Waals surface area contributed by atoms with E-state index in [1.807, 2.05) is 30.3 Å². The molecule has 0 radical (unpaired) electrons. The van der Waals surface area contributed by atoms with Gasteiger partial charge in [0, 0.05) is 30.9 Å². The highest BCUT2D eigenvalue weighted by Gasteiger charge is 2.15. The molecule has 1 amide bonds. The predicted molar refractivity (Wildman–Crippen MR) is 110 cm³/mol. The zero-order valence-electron chi connectivity index (χ0n) is 16.7. The third-order valence-electron chi connectivity index (χ3n) is 4.35. The molecule has 29 heavy (non-hydrogen) atoms. The number of aliphatic hydroxyl groups excluding tert-OH is 1. The molecule has 0 aliphatic rings. The molecule has 1 heterocycles. The van der Waals surface area contributed by atoms with Crippen LogP contribution < -0.4 is 14.8 Å². The molecule has 2 aromatic carbocycles. The molecule has 0 unspecified atom stereocenters. The second kappa shape index (κ2) is 9.25. The molecule has 3 aromatic rings. The van der Waals surface area contributed by atoms with Crippen molar-refractivity contribution in [2.75, 3.05) is 5.32 Å². The van der Waals surface area contributed by atoms with Crippen LogP contribution >= 0.6 is 0 Å². The van der Waals surface area contributed by atoms with E-state index in [2.05, 4.69) is 10.4 Å². The van der Waals surface area contributed by atoms with Crippen molar-refractivity contribution in [1.29, 1.82) is 0 Å². The van der Waals surface area contributed by atoms with Crippen molar-refractivity contribution >= 4 is 11.7 Å². The molecular weight excluding hydrogens is 370 g/mol. The Balaban J connectivity index is 1.81. The van der Waals surface area contributed by atoms with Crippen molar-refractivity contribution in [3.63, 3.8) is 0 Å². The lowest BCUT2D eigenvalue weighted by Crippen LogP contribution is -2.25. The molecule has 2 N–H and O–H groups in total. The summed E-state index contributed by atoms with van der Waals surface area (Å²) in [6, 6.07) is 16.4. The second-order valence-electron chi connectivity index (χ2n) is 6.86. The molecule has 0 saturated carbocycles. The Kier molecular flexibility index (Phi) is 6.51. The molecule has 0 aliphatic heterocycles. The summed E-state index contributed by atoms with van der Waals surface area (Å²) in [5.74, 6) is 1.06. The lowest BCUT2D eigenvalue weighted by molar-refractivity contribution is 0.0602. The largest absolute Gasteiger partial charge is 0.489 e. The maximum absolute atomic E-state index is 12.7. The average Bonchev–Trinajstić information content (AvgIpc) is 3.11. The molecule has 152 valence electrons. The number of anilines is 1. The summed E-state index contributed by atoms with van der Waals surface area (Å²) in [7, 11) is 1.77. The fourth-order valence-electron chi connectivity index (χ4n) is 2.58. The Hall–Kier alpha value is -3.32. The van der Waals surface area contributed by atoms with Crippen LogP contribution in [0, 0.1) is 0 Å². The van der Waals surface area contributed by atoms with Gasteiger partial charge in [0.15, 0.2) is 5.82 Å². The Bertz CT molecular complexity index is 954. The number of amides is 1. The third kappa shape index (κ3) is 5.83. The summed E-state index contributed by atoms with van der Waals surface area (Å²) in [5, 5.41) is 16.6. The number of rotatable bonds is 8. The first-order valence-electron chi connectivity index (χ1n) is 9.38. The lowest BCUT2D eigenvalue weighted by Gasteiger charge is -2.18. The SMILES string of the molecule is C[C@H](O)[C@H](C)Oc1cc(OCc2ccccc2)cc(C(=O)Nc2ccn(C)n2)c1. The number of aryl methyl sites for hydroxylation is 1. The Morgan fingerprint density at radius 1 is 1.14 bits per heavy atom. The van der Waals surface area contributed by atoms with Crippen LogP contribution in [0.1, 0.15) is 29.8 Å². The zero-order chi connectivity index (χ0) is 20.8. The van der Waals surface area contributed by atoms with Gasteiger partial charge in [-0.25, -0.2) is 0 Å². The summed E-state index contributed by atoms with van der Waals surface area (Å²) in [6.07, 6.45) is 0.647. The second-order valence-corrected chi connectivity index (χ2v) is 6.86. The van der Waals surface area contributed by atoms with Crippen LogP contribution in [0.4, 0.5) is 5.82 Å². The van der Waals surface area contributed by atoms with E-state index < -0.39 is 12.2 Å². The highest BCUT2D eigenvalue weighted by molar-refractivity contribution is 6.04. The van der Waals surface area contributed by atoms with E-state index >= 15 is 0 Å². The zero-order valence-corrected chi connectivity index (χ0v) is 16.7. The number of hydrogen-bond acceptors (Lipinski definition) is 5. The summed E-state index contributed by atoms with van der Waals surface area (Å²) in [4.78, 5) is 12.7. The van der Waals surface area contributed by atoms with Gasteiger partial charge in [0.25, 0.3) is 5.91 Å². The quantitative estimate of drug-likeness (QED) is 0.611. The molecule has 0 spiro atoms. The van der Waals surface area contributed by atoms with E-state index in [0.29, 0.717) is 29.5 Å². The van der Waals surface area contributed by atoms with E-state index in [1.54, 1.807) is 56.0 Å². The van der Waals surface area contributed by atoms with Gasteiger partial charge < -0.3 is 19.9 Å². The normalized spacial score (nSPS) is 12.8. The number of nitrogens with one attached hydrogen (secondary N) is 1. The Labute approximate surface area is 169 Å². The number of benzene rings is 2. The van der Waals surface area contributed by atoms with Crippen LogP contribution in [0.15, 0.2) is 60.8 Å². The lowest BCUT2D eigenvalue weighted by atomic mass is 10.1. The van der Waals surface area contributed by atoms with Gasteiger partial charge in [0.2, 0.25) is 0 Å². The van der Waals surface area contributed by atoms with E-state index in [1.165, 1.54) is 0 Å². The van der Waals surface area contributed by atoms with E-state index in [9.17, 15) is 9.90 Å². The van der Waals surface area contributed by atoms with Crippen LogP contribution in [0.25, 0.3) is 0 Å². The molecule has 0 saturated heterocycles. The molecule has 0 aliphatic carbocycles. The van der Waals surface area contributed by atoms with Crippen molar-refractivity contribution < 1.29 is 19.4 Å². The average molecular weight is 395 g/mol. The molecule has 0 bridgehead atoms. The summed E-state index contributed by atoms with van der Waals surface area (Å²) in [5.41, 5.74) is 1.38. The number of hydrogen-bond donors (Lipinski definition) is 2. The van der Waals surface area contributed by atoms with Gasteiger partial charge >= 0.3 is 0 Å². The molecule has 0 fully saturated rings. The summed E-state index contributed by atoms with van der Waals surface area (Å²) >= 11 is 0. The molecule has 3 rings (SSSR count). The van der Waals surface area contributed by atoms with Gasteiger partial charge in [-0.15, -0.1) is 0 Å². The monoisotopic (exact) mass is 395 g/mol. The maximum atomic E-state index is 12.7. The van der Waals surface area contributed by atoms with Crippen LogP contribution in [0.2, 0.25) is 0 Å². The highest BCUT2D eigenvalue weighted by atomic mass is 16.5. The first-order chi connectivity index (χ1) is 13.9. The maximum Gasteiger partial charge on any atom is 0.257 e. The number of nitrogens with zero attached hydrogens (tertiary/aromatic N) is 2. The fraction of sp³-hybridized carbons (Fsp3) is 0.273. The van der Waals surface area contributed by atoms with E-state index in [-0.39, 0.29) is 5.91 Å². The van der Waals surface area contributed by atoms with Gasteiger partial charge in [-0.3, -0.25) is 9.48 Å².